The van der Waals surface area contributed by atoms with Gasteiger partial charge in [0.25, 0.3) is 0 Å². The maximum atomic E-state index is 13.0. The second-order valence-corrected chi connectivity index (χ2v) is 11.1. The monoisotopic (exact) mass is 391 g/mol. The lowest BCUT2D eigenvalue weighted by Gasteiger charge is -2.63. The molecule has 0 radical (unpaired) electrons. The topological polar surface area (TPSA) is 49.8 Å². The second-order valence-electron chi connectivity index (χ2n) is 11.1. The minimum Gasteiger partial charge on any atom is -0.390 e. The van der Waals surface area contributed by atoms with Crippen LogP contribution in [0.15, 0.2) is 0 Å². The number of nitrogens with zero attached hydrogens (tertiary/aromatic N) is 1. The van der Waals surface area contributed by atoms with Crippen LogP contribution in [0, 0.1) is 40.4 Å². The van der Waals surface area contributed by atoms with Gasteiger partial charge in [0.05, 0.1) is 12.7 Å². The molecule has 4 fully saturated rings. The second kappa shape index (κ2) is 6.97. The van der Waals surface area contributed by atoms with Crippen LogP contribution in [0.3, 0.4) is 0 Å². The molecule has 4 heteroatoms. The van der Waals surface area contributed by atoms with Crippen molar-refractivity contribution in [1.29, 1.82) is 0 Å². The van der Waals surface area contributed by atoms with Gasteiger partial charge in [-0.2, -0.15) is 0 Å². The van der Waals surface area contributed by atoms with Gasteiger partial charge in [-0.25, -0.2) is 5.06 Å². The highest BCUT2D eigenvalue weighted by atomic mass is 16.7. The molecule has 8 atom stereocenters. The molecule has 0 heterocycles. The Balaban J connectivity index is 1.60. The van der Waals surface area contributed by atoms with Gasteiger partial charge in [0, 0.05) is 13.0 Å². The highest BCUT2D eigenvalue weighted by Crippen LogP contribution is 2.69. The summed E-state index contributed by atoms with van der Waals surface area (Å²) in [6, 6.07) is 0. The Morgan fingerprint density at radius 2 is 1.82 bits per heavy atom. The lowest BCUT2D eigenvalue weighted by molar-refractivity contribution is -0.183. The molecular weight excluding hydrogens is 350 g/mol. The number of fused-ring (bicyclic) bond motifs is 5. The third kappa shape index (κ3) is 2.88. The van der Waals surface area contributed by atoms with E-state index in [1.807, 2.05) is 0 Å². The third-order valence-corrected chi connectivity index (χ3v) is 10.2. The van der Waals surface area contributed by atoms with Crippen LogP contribution in [-0.4, -0.2) is 35.8 Å². The predicted molar refractivity (Wildman–Crippen MR) is 110 cm³/mol. The zero-order chi connectivity index (χ0) is 20.3. The fourth-order valence-electron chi connectivity index (χ4n) is 8.66. The zero-order valence-corrected chi connectivity index (χ0v) is 18.7. The Morgan fingerprint density at radius 3 is 2.50 bits per heavy atom. The van der Waals surface area contributed by atoms with Gasteiger partial charge in [-0.3, -0.25) is 9.63 Å². The van der Waals surface area contributed by atoms with Crippen LogP contribution in [-0.2, 0) is 9.63 Å². The number of aliphatic hydroxyl groups is 1. The Kier molecular flexibility index (Phi) is 5.14. The van der Waals surface area contributed by atoms with Crippen molar-refractivity contribution >= 4 is 5.91 Å². The first-order valence-corrected chi connectivity index (χ1v) is 11.7. The smallest absolute Gasteiger partial charge is 0.249 e. The van der Waals surface area contributed by atoms with E-state index < -0.39 is 5.60 Å². The fourth-order valence-corrected chi connectivity index (χ4v) is 8.66. The van der Waals surface area contributed by atoms with Crippen molar-refractivity contribution in [1.82, 2.24) is 5.06 Å². The molecule has 0 aromatic heterocycles. The lowest BCUT2D eigenvalue weighted by atomic mass is 9.43. The van der Waals surface area contributed by atoms with Gasteiger partial charge in [0.1, 0.15) is 0 Å². The first kappa shape index (κ1) is 20.7. The van der Waals surface area contributed by atoms with E-state index in [0.717, 1.165) is 31.1 Å². The van der Waals surface area contributed by atoms with Crippen molar-refractivity contribution in [2.75, 3.05) is 14.2 Å². The number of hydrogen-bond acceptors (Lipinski definition) is 3. The molecule has 0 spiro atoms. The molecule has 0 aromatic rings. The number of hydrogen-bond donors (Lipinski definition) is 1. The number of carbonyl (C=O) groups is 1. The third-order valence-electron chi connectivity index (χ3n) is 10.2. The minimum atomic E-state index is -0.463. The van der Waals surface area contributed by atoms with Crippen molar-refractivity contribution in [2.45, 2.75) is 90.6 Å². The van der Waals surface area contributed by atoms with E-state index in [9.17, 15) is 9.90 Å². The molecule has 4 aliphatic rings. The molecule has 0 aromatic carbocycles. The summed E-state index contributed by atoms with van der Waals surface area (Å²) < 4.78 is 0. The molecule has 160 valence electrons. The number of hydroxylamine groups is 2. The molecule has 4 nitrogen and oxygen atoms in total. The summed E-state index contributed by atoms with van der Waals surface area (Å²) in [5.74, 6) is 3.22. The molecular formula is C24H41NO3. The van der Waals surface area contributed by atoms with Crippen molar-refractivity contribution in [2.24, 2.45) is 40.4 Å². The molecule has 4 rings (SSSR count). The van der Waals surface area contributed by atoms with Crippen molar-refractivity contribution in [3.8, 4) is 0 Å². The first-order chi connectivity index (χ1) is 13.2. The summed E-state index contributed by atoms with van der Waals surface area (Å²) in [5, 5.41) is 12.2. The Bertz CT molecular complexity index is 619. The Hall–Kier alpha value is -0.610. The maximum Gasteiger partial charge on any atom is 0.249 e. The summed E-state index contributed by atoms with van der Waals surface area (Å²) in [6.07, 6.45) is 11.6. The summed E-state index contributed by atoms with van der Waals surface area (Å²) in [5.41, 5.74) is 0.0971. The number of carbonyl (C=O) groups excluding carboxylic acids is 1. The Labute approximate surface area is 171 Å². The highest BCUT2D eigenvalue weighted by molar-refractivity contribution is 5.79. The molecule has 4 aliphatic carbocycles. The van der Waals surface area contributed by atoms with E-state index in [1.165, 1.54) is 50.0 Å². The van der Waals surface area contributed by atoms with Gasteiger partial charge in [-0.05, 0) is 106 Å². The molecule has 0 bridgehead atoms. The van der Waals surface area contributed by atoms with Crippen LogP contribution in [0.2, 0.25) is 0 Å². The van der Waals surface area contributed by atoms with Crippen LogP contribution in [0.25, 0.3) is 0 Å². The van der Waals surface area contributed by atoms with Crippen LogP contribution in [0.4, 0.5) is 0 Å². The Morgan fingerprint density at radius 1 is 1.07 bits per heavy atom. The first-order valence-electron chi connectivity index (χ1n) is 11.7. The van der Waals surface area contributed by atoms with Crippen molar-refractivity contribution in [3.05, 3.63) is 0 Å². The van der Waals surface area contributed by atoms with E-state index in [4.69, 9.17) is 4.84 Å². The van der Waals surface area contributed by atoms with E-state index in [2.05, 4.69) is 20.8 Å². The van der Waals surface area contributed by atoms with Crippen LogP contribution in [0.5, 0.6) is 0 Å². The molecule has 0 unspecified atom stereocenters. The molecule has 28 heavy (non-hydrogen) atoms. The minimum absolute atomic E-state index is 0.116. The summed E-state index contributed by atoms with van der Waals surface area (Å²) in [7, 11) is 3.35. The van der Waals surface area contributed by atoms with E-state index in [-0.39, 0.29) is 17.2 Å². The standard InChI is InChI=1S/C24H41NO3/c1-6-24-14-13-22(2,27)15-16(24)7-8-17-18-9-10-20(21(26)25(4)28-5)23(18,3)12-11-19(17)24/h16-20,27H,6-15H2,1-5H3/t16-,17+,18+,19+,20-,22-,23+,24+/m1/s1. The zero-order valence-electron chi connectivity index (χ0n) is 18.7. The van der Waals surface area contributed by atoms with E-state index in [0.29, 0.717) is 17.3 Å². The van der Waals surface area contributed by atoms with Gasteiger partial charge in [-0.15, -0.1) is 0 Å². The maximum absolute atomic E-state index is 13.0. The van der Waals surface area contributed by atoms with Crippen molar-refractivity contribution < 1.29 is 14.7 Å². The average Bonchev–Trinajstić information content (AvgIpc) is 3.03. The summed E-state index contributed by atoms with van der Waals surface area (Å²) in [6.45, 7) is 6.86. The van der Waals surface area contributed by atoms with Crippen LogP contribution < -0.4 is 0 Å². The molecule has 1 N–H and O–H groups in total. The quantitative estimate of drug-likeness (QED) is 0.703. The van der Waals surface area contributed by atoms with Gasteiger partial charge in [0.15, 0.2) is 0 Å². The number of rotatable bonds is 3. The normalized spacial score (nSPS) is 50.4. The van der Waals surface area contributed by atoms with Gasteiger partial charge < -0.3 is 5.11 Å². The lowest BCUT2D eigenvalue weighted by Crippen LogP contribution is -2.57. The SMILES string of the molecule is CC[C@]12CC[C@@](C)(O)C[C@H]1CC[C@H]1[C@@H]3CC[C@H](C(=O)N(C)OC)[C@@]3(C)CC[C@@H]12. The van der Waals surface area contributed by atoms with Gasteiger partial charge >= 0.3 is 0 Å². The molecule has 1 amide bonds. The fraction of sp³-hybridized carbons (Fsp3) is 0.958. The summed E-state index contributed by atoms with van der Waals surface area (Å²) in [4.78, 5) is 18.2. The van der Waals surface area contributed by atoms with E-state index >= 15 is 0 Å². The van der Waals surface area contributed by atoms with Gasteiger partial charge in [0.2, 0.25) is 5.91 Å². The largest absolute Gasteiger partial charge is 0.390 e. The molecule has 0 aliphatic heterocycles. The molecule has 4 saturated carbocycles. The number of amides is 1. The van der Waals surface area contributed by atoms with Crippen LogP contribution in [0.1, 0.15) is 85.0 Å². The van der Waals surface area contributed by atoms with Gasteiger partial charge in [-0.1, -0.05) is 13.8 Å². The predicted octanol–water partition coefficient (Wildman–Crippen LogP) is 4.81. The highest BCUT2D eigenvalue weighted by Gasteiger charge is 2.62. The molecule has 0 saturated heterocycles. The summed E-state index contributed by atoms with van der Waals surface area (Å²) >= 11 is 0. The van der Waals surface area contributed by atoms with Crippen LogP contribution >= 0.6 is 0 Å². The average molecular weight is 392 g/mol. The van der Waals surface area contributed by atoms with Crippen molar-refractivity contribution in [3.63, 3.8) is 0 Å². The van der Waals surface area contributed by atoms with E-state index in [1.54, 1.807) is 14.2 Å².